The van der Waals surface area contributed by atoms with Gasteiger partial charge in [0.15, 0.2) is 0 Å². The Morgan fingerprint density at radius 1 is 1.62 bits per heavy atom. The molecule has 0 aliphatic heterocycles. The average molecular weight is 222 g/mol. The van der Waals surface area contributed by atoms with Gasteiger partial charge in [-0.05, 0) is 26.3 Å². The van der Waals surface area contributed by atoms with Crippen molar-refractivity contribution in [2.75, 3.05) is 11.9 Å². The summed E-state index contributed by atoms with van der Waals surface area (Å²) in [6.07, 6.45) is 2.39. The maximum atomic E-state index is 11.1. The van der Waals surface area contributed by atoms with Crippen molar-refractivity contribution in [3.63, 3.8) is 0 Å². The Balaban J connectivity index is 3.19. The summed E-state index contributed by atoms with van der Waals surface area (Å²) >= 11 is 0. The minimum atomic E-state index is -0.933. The van der Waals surface area contributed by atoms with Gasteiger partial charge in [-0.1, -0.05) is 6.92 Å². The summed E-state index contributed by atoms with van der Waals surface area (Å²) in [5, 5.41) is 9.09. The molecule has 88 valence electrons. The van der Waals surface area contributed by atoms with Crippen molar-refractivity contribution in [3.8, 4) is 0 Å². The molecule has 1 unspecified atom stereocenters. The van der Waals surface area contributed by atoms with Gasteiger partial charge >= 0.3 is 5.97 Å². The first-order valence-electron chi connectivity index (χ1n) is 5.40. The van der Waals surface area contributed by atoms with Gasteiger partial charge in [0.1, 0.15) is 5.56 Å². The first kappa shape index (κ1) is 12.5. The van der Waals surface area contributed by atoms with Gasteiger partial charge in [0.25, 0.3) is 0 Å². The van der Waals surface area contributed by atoms with Crippen LogP contribution in [0.5, 0.6) is 0 Å². The lowest BCUT2D eigenvalue weighted by Gasteiger charge is -2.27. The van der Waals surface area contributed by atoms with Crippen LogP contribution in [0.15, 0.2) is 12.3 Å². The lowest BCUT2D eigenvalue weighted by atomic mass is 10.1. The van der Waals surface area contributed by atoms with Crippen molar-refractivity contribution in [2.24, 2.45) is 0 Å². The van der Waals surface area contributed by atoms with Crippen molar-refractivity contribution in [3.05, 3.63) is 23.5 Å². The first-order valence-corrected chi connectivity index (χ1v) is 5.40. The minimum Gasteiger partial charge on any atom is -0.478 e. The van der Waals surface area contributed by atoms with Gasteiger partial charge in [-0.2, -0.15) is 0 Å². The zero-order valence-corrected chi connectivity index (χ0v) is 10.2. The zero-order chi connectivity index (χ0) is 12.3. The Hall–Kier alpha value is -1.58. The molecule has 0 saturated heterocycles. The number of anilines is 1. The topological polar surface area (TPSA) is 53.4 Å². The Morgan fingerprint density at radius 2 is 2.25 bits per heavy atom. The smallest absolute Gasteiger partial charge is 0.339 e. The molecule has 0 aliphatic rings. The Kier molecular flexibility index (Phi) is 3.88. The van der Waals surface area contributed by atoms with Gasteiger partial charge in [-0.3, -0.25) is 4.98 Å². The molecule has 0 spiro atoms. The molecule has 1 N–H and O–H groups in total. The van der Waals surface area contributed by atoms with Gasteiger partial charge < -0.3 is 10.0 Å². The van der Waals surface area contributed by atoms with Crippen molar-refractivity contribution in [1.29, 1.82) is 0 Å². The molecule has 0 aliphatic carbocycles. The zero-order valence-electron chi connectivity index (χ0n) is 10.2. The number of aromatic carboxylic acids is 1. The van der Waals surface area contributed by atoms with Crippen molar-refractivity contribution < 1.29 is 9.90 Å². The highest BCUT2D eigenvalue weighted by molar-refractivity contribution is 5.94. The number of nitrogens with zero attached hydrogens (tertiary/aromatic N) is 2. The fraction of sp³-hybridized carbons (Fsp3) is 0.500. The maximum absolute atomic E-state index is 11.1. The van der Waals surface area contributed by atoms with E-state index in [1.54, 1.807) is 0 Å². The average Bonchev–Trinajstić information content (AvgIpc) is 2.26. The number of carboxylic acids is 1. The van der Waals surface area contributed by atoms with Gasteiger partial charge in [-0.25, -0.2) is 4.79 Å². The highest BCUT2D eigenvalue weighted by Gasteiger charge is 2.17. The first-order chi connectivity index (χ1) is 7.47. The second-order valence-electron chi connectivity index (χ2n) is 4.02. The quantitative estimate of drug-likeness (QED) is 0.849. The van der Waals surface area contributed by atoms with Crippen LogP contribution < -0.4 is 4.90 Å². The van der Waals surface area contributed by atoms with Crippen molar-refractivity contribution in [2.45, 2.75) is 33.2 Å². The summed E-state index contributed by atoms with van der Waals surface area (Å²) in [6, 6.07) is 2.12. The molecule has 1 atom stereocenters. The number of carbonyl (C=O) groups is 1. The van der Waals surface area contributed by atoms with Gasteiger partial charge in [0, 0.05) is 25.0 Å². The molecule has 1 aromatic rings. The number of hydrogen-bond donors (Lipinski definition) is 1. The third-order valence-corrected chi connectivity index (χ3v) is 2.88. The van der Waals surface area contributed by atoms with E-state index in [0.717, 1.165) is 17.8 Å². The number of rotatable bonds is 4. The lowest BCUT2D eigenvalue weighted by Crippen LogP contribution is -2.29. The third-order valence-electron chi connectivity index (χ3n) is 2.88. The van der Waals surface area contributed by atoms with Crippen LogP contribution in [-0.2, 0) is 0 Å². The second-order valence-corrected chi connectivity index (χ2v) is 4.02. The molecule has 0 fully saturated rings. The summed E-state index contributed by atoms with van der Waals surface area (Å²) in [5.74, 6) is -0.933. The standard InChI is InChI=1S/C12H18N2O2/c1-5-9(3)14(4)11-6-8(2)13-7-10(11)12(15)16/h6-7,9H,5H2,1-4H3,(H,15,16). The normalized spacial score (nSPS) is 12.2. The fourth-order valence-electron chi connectivity index (χ4n) is 1.51. The van der Waals surface area contributed by atoms with Crippen molar-refractivity contribution in [1.82, 2.24) is 4.98 Å². The molecule has 4 heteroatoms. The number of aromatic nitrogens is 1. The molecule has 1 rings (SSSR count). The molecule has 0 bridgehead atoms. The van der Waals surface area contributed by atoms with Crippen LogP contribution in [0.25, 0.3) is 0 Å². The highest BCUT2D eigenvalue weighted by atomic mass is 16.4. The van der Waals surface area contributed by atoms with E-state index in [4.69, 9.17) is 5.11 Å². The molecule has 0 aromatic carbocycles. The van der Waals surface area contributed by atoms with E-state index in [-0.39, 0.29) is 5.56 Å². The van der Waals surface area contributed by atoms with E-state index in [1.165, 1.54) is 6.20 Å². The van der Waals surface area contributed by atoms with Crippen LogP contribution in [0.4, 0.5) is 5.69 Å². The summed E-state index contributed by atoms with van der Waals surface area (Å²) in [4.78, 5) is 17.1. The van der Waals surface area contributed by atoms with E-state index >= 15 is 0 Å². The van der Waals surface area contributed by atoms with E-state index < -0.39 is 5.97 Å². The molecule has 4 nitrogen and oxygen atoms in total. The van der Waals surface area contributed by atoms with Crippen LogP contribution in [0, 0.1) is 6.92 Å². The molecule has 1 aromatic heterocycles. The Morgan fingerprint density at radius 3 is 2.75 bits per heavy atom. The molecule has 0 amide bonds. The van der Waals surface area contributed by atoms with E-state index in [1.807, 2.05) is 24.9 Å². The molecule has 0 saturated carbocycles. The predicted molar refractivity (Wildman–Crippen MR) is 64.1 cm³/mol. The van der Waals surface area contributed by atoms with E-state index in [9.17, 15) is 4.79 Å². The van der Waals surface area contributed by atoms with E-state index in [2.05, 4.69) is 18.8 Å². The van der Waals surface area contributed by atoms with Crippen LogP contribution in [0.3, 0.4) is 0 Å². The molecular weight excluding hydrogens is 204 g/mol. The number of carboxylic acid groups (broad SMARTS) is 1. The van der Waals surface area contributed by atoms with Gasteiger partial charge in [-0.15, -0.1) is 0 Å². The maximum Gasteiger partial charge on any atom is 0.339 e. The SMILES string of the molecule is CCC(C)N(C)c1cc(C)ncc1C(=O)O. The lowest BCUT2D eigenvalue weighted by molar-refractivity contribution is 0.0697. The Labute approximate surface area is 95.9 Å². The van der Waals surface area contributed by atoms with E-state index in [0.29, 0.717) is 6.04 Å². The van der Waals surface area contributed by atoms with Gasteiger partial charge in [0.2, 0.25) is 0 Å². The second kappa shape index (κ2) is 4.96. The number of hydrogen-bond acceptors (Lipinski definition) is 3. The monoisotopic (exact) mass is 222 g/mol. The van der Waals surface area contributed by atoms with Crippen molar-refractivity contribution >= 4 is 11.7 Å². The van der Waals surface area contributed by atoms with Crippen LogP contribution >= 0.6 is 0 Å². The Bertz CT molecular complexity index is 391. The van der Waals surface area contributed by atoms with Crippen LogP contribution in [0.1, 0.15) is 36.3 Å². The molecule has 1 heterocycles. The van der Waals surface area contributed by atoms with Gasteiger partial charge in [0.05, 0.1) is 5.69 Å². The molecule has 0 radical (unpaired) electrons. The number of pyridine rings is 1. The third kappa shape index (κ3) is 2.51. The number of aryl methyl sites for hydroxylation is 1. The molecule has 16 heavy (non-hydrogen) atoms. The summed E-state index contributed by atoms with van der Waals surface area (Å²) < 4.78 is 0. The van der Waals surface area contributed by atoms with Crippen LogP contribution in [0.2, 0.25) is 0 Å². The summed E-state index contributed by atoms with van der Waals surface area (Å²) in [6.45, 7) is 6.01. The fourth-order valence-corrected chi connectivity index (χ4v) is 1.51. The minimum absolute atomic E-state index is 0.258. The highest BCUT2D eigenvalue weighted by Crippen LogP contribution is 2.22. The predicted octanol–water partition coefficient (Wildman–Crippen LogP) is 2.32. The largest absolute Gasteiger partial charge is 0.478 e. The van der Waals surface area contributed by atoms with Crippen LogP contribution in [-0.4, -0.2) is 29.1 Å². The summed E-state index contributed by atoms with van der Waals surface area (Å²) in [5.41, 5.74) is 1.82. The molecular formula is C12H18N2O2. The summed E-state index contributed by atoms with van der Waals surface area (Å²) in [7, 11) is 1.91.